The van der Waals surface area contributed by atoms with Crippen molar-refractivity contribution < 1.29 is 24.5 Å². The van der Waals surface area contributed by atoms with E-state index in [1.807, 2.05) is 0 Å². The number of aromatic nitrogens is 1. The number of nitrogens with zero attached hydrogens (tertiary/aromatic N) is 2. The maximum absolute atomic E-state index is 12.9. The summed E-state index contributed by atoms with van der Waals surface area (Å²) in [5.41, 5.74) is 1.72. The Balaban J connectivity index is 1.50. The van der Waals surface area contributed by atoms with Crippen LogP contribution in [0.1, 0.15) is 36.2 Å². The van der Waals surface area contributed by atoms with Crippen LogP contribution < -0.4 is 15.0 Å². The maximum atomic E-state index is 12.9. The number of carboxylic acid groups (broad SMARTS) is 1. The second-order valence-electron chi connectivity index (χ2n) is 8.96. The number of benzene rings is 1. The van der Waals surface area contributed by atoms with Crippen LogP contribution in [0.25, 0.3) is 0 Å². The Morgan fingerprint density at radius 3 is 2.44 bits per heavy atom. The number of anilines is 2. The van der Waals surface area contributed by atoms with Crippen molar-refractivity contribution in [3.8, 4) is 5.88 Å². The summed E-state index contributed by atoms with van der Waals surface area (Å²) < 4.78 is 5.92. The highest BCUT2D eigenvalue weighted by molar-refractivity contribution is 6.06. The molecule has 1 saturated carbocycles. The topological polar surface area (TPSA) is 112 Å². The first-order valence-corrected chi connectivity index (χ1v) is 11.0. The quantitative estimate of drug-likeness (QED) is 0.551. The summed E-state index contributed by atoms with van der Waals surface area (Å²) in [5, 5.41) is 21.3. The number of pyridine rings is 1. The molecule has 2 heterocycles. The lowest BCUT2D eigenvalue weighted by Gasteiger charge is -2.22. The molecule has 1 saturated heterocycles. The largest absolute Gasteiger partial charge is 0.481 e. The lowest BCUT2D eigenvalue weighted by molar-refractivity contribution is -0.139. The molecular weight excluding hydrogens is 410 g/mol. The van der Waals surface area contributed by atoms with E-state index in [9.17, 15) is 19.8 Å². The van der Waals surface area contributed by atoms with Gasteiger partial charge < -0.3 is 25.2 Å². The normalized spacial score (nSPS) is 21.4. The molecule has 170 valence electrons. The highest BCUT2D eigenvalue weighted by Gasteiger charge is 2.60. The minimum Gasteiger partial charge on any atom is -0.481 e. The molecule has 2 aliphatic rings. The van der Waals surface area contributed by atoms with E-state index < -0.39 is 5.97 Å². The first-order valence-electron chi connectivity index (χ1n) is 11.0. The van der Waals surface area contributed by atoms with Crippen LogP contribution in [0, 0.1) is 23.7 Å². The van der Waals surface area contributed by atoms with Gasteiger partial charge in [-0.15, -0.1) is 0 Å². The Bertz CT molecular complexity index is 980. The molecule has 1 amide bonds. The van der Waals surface area contributed by atoms with Gasteiger partial charge in [-0.25, -0.2) is 0 Å². The molecule has 8 heteroatoms. The van der Waals surface area contributed by atoms with Crippen LogP contribution in [-0.4, -0.2) is 46.8 Å². The molecule has 1 aliphatic heterocycles. The number of fused-ring (bicyclic) bond motifs is 1. The van der Waals surface area contributed by atoms with Crippen LogP contribution >= 0.6 is 0 Å². The van der Waals surface area contributed by atoms with Crippen molar-refractivity contribution in [2.75, 3.05) is 29.9 Å². The zero-order valence-corrected chi connectivity index (χ0v) is 18.3. The van der Waals surface area contributed by atoms with Crippen molar-refractivity contribution in [2.45, 2.75) is 26.9 Å². The molecule has 8 nitrogen and oxygen atoms in total. The van der Waals surface area contributed by atoms with E-state index in [0.717, 1.165) is 12.0 Å². The number of aliphatic hydroxyl groups excluding tert-OH is 1. The SMILES string of the molecule is CC(C)CCOc1nc(N2C[C@@H]3C(C(=O)O)[C@@H]3C2)ccc1C(=O)Nc1ccc(CO)cc1. The number of amides is 1. The van der Waals surface area contributed by atoms with Crippen LogP contribution in [0.5, 0.6) is 5.88 Å². The Hall–Kier alpha value is -3.13. The van der Waals surface area contributed by atoms with Gasteiger partial charge in [0.05, 0.1) is 19.1 Å². The average Bonchev–Trinajstić information content (AvgIpc) is 3.28. The molecule has 0 bridgehead atoms. The molecule has 1 unspecified atom stereocenters. The first-order chi connectivity index (χ1) is 15.4. The summed E-state index contributed by atoms with van der Waals surface area (Å²) in [5.74, 6) is 0.496. The fourth-order valence-corrected chi connectivity index (χ4v) is 4.25. The maximum Gasteiger partial charge on any atom is 0.307 e. The smallest absolute Gasteiger partial charge is 0.307 e. The molecule has 1 aromatic carbocycles. The standard InChI is InChI=1S/C24H29N3O5/c1-14(2)9-10-32-23-17(22(29)25-16-5-3-15(13-28)4-6-16)7-8-20(26-23)27-11-18-19(12-27)21(18)24(30)31/h3-8,14,18-19,21,28H,9-13H2,1-2H3,(H,25,29)(H,30,31)/t18-,19+,21?. The number of piperidine rings is 1. The van der Waals surface area contributed by atoms with Crippen LogP contribution in [-0.2, 0) is 11.4 Å². The summed E-state index contributed by atoms with van der Waals surface area (Å²) in [7, 11) is 0. The van der Waals surface area contributed by atoms with Crippen molar-refractivity contribution in [3.63, 3.8) is 0 Å². The van der Waals surface area contributed by atoms with Gasteiger partial charge in [0, 0.05) is 18.8 Å². The van der Waals surface area contributed by atoms with Gasteiger partial charge in [0.25, 0.3) is 5.91 Å². The zero-order chi connectivity index (χ0) is 22.8. The molecule has 2 fully saturated rings. The average molecular weight is 440 g/mol. The first kappa shape index (κ1) is 22.1. The Morgan fingerprint density at radius 2 is 1.84 bits per heavy atom. The Kier molecular flexibility index (Phi) is 6.32. The predicted molar refractivity (Wildman–Crippen MR) is 120 cm³/mol. The third-order valence-corrected chi connectivity index (χ3v) is 6.22. The number of nitrogens with one attached hydrogen (secondary N) is 1. The lowest BCUT2D eigenvalue weighted by Crippen LogP contribution is -2.27. The number of aliphatic carboxylic acids is 1. The number of carbonyl (C=O) groups is 2. The van der Waals surface area contributed by atoms with Gasteiger partial charge in [-0.2, -0.15) is 4.98 Å². The van der Waals surface area contributed by atoms with Gasteiger partial charge in [0.2, 0.25) is 5.88 Å². The molecule has 0 radical (unpaired) electrons. The summed E-state index contributed by atoms with van der Waals surface area (Å²) in [4.78, 5) is 30.9. The molecule has 0 spiro atoms. The van der Waals surface area contributed by atoms with Gasteiger partial charge in [0.15, 0.2) is 0 Å². The Labute approximate surface area is 187 Å². The highest BCUT2D eigenvalue weighted by Crippen LogP contribution is 2.52. The van der Waals surface area contributed by atoms with Crippen LogP contribution in [0.3, 0.4) is 0 Å². The summed E-state index contributed by atoms with van der Waals surface area (Å²) >= 11 is 0. The van der Waals surface area contributed by atoms with Gasteiger partial charge in [-0.05, 0) is 54.0 Å². The monoisotopic (exact) mass is 439 g/mol. The van der Waals surface area contributed by atoms with E-state index in [1.54, 1.807) is 36.4 Å². The van der Waals surface area contributed by atoms with Crippen molar-refractivity contribution >= 4 is 23.4 Å². The Morgan fingerprint density at radius 1 is 1.16 bits per heavy atom. The molecule has 32 heavy (non-hydrogen) atoms. The molecule has 2 aromatic rings. The van der Waals surface area contributed by atoms with Crippen molar-refractivity contribution in [1.29, 1.82) is 0 Å². The molecule has 3 atom stereocenters. The summed E-state index contributed by atoms with van der Waals surface area (Å²) in [6.07, 6.45) is 0.837. The fraction of sp³-hybridized carbons (Fsp3) is 0.458. The van der Waals surface area contributed by atoms with E-state index in [0.29, 0.717) is 42.7 Å². The van der Waals surface area contributed by atoms with Crippen LogP contribution in [0.15, 0.2) is 36.4 Å². The molecule has 1 aliphatic carbocycles. The molecular formula is C24H29N3O5. The fourth-order valence-electron chi connectivity index (χ4n) is 4.25. The minimum atomic E-state index is -0.718. The minimum absolute atomic E-state index is 0.0567. The third kappa shape index (κ3) is 4.70. The van der Waals surface area contributed by atoms with Gasteiger partial charge in [0.1, 0.15) is 11.4 Å². The molecule has 1 aromatic heterocycles. The second kappa shape index (κ2) is 9.16. The molecule has 3 N–H and O–H groups in total. The van der Waals surface area contributed by atoms with E-state index in [-0.39, 0.29) is 36.1 Å². The number of aliphatic hydroxyl groups is 1. The van der Waals surface area contributed by atoms with Gasteiger partial charge in [-0.1, -0.05) is 26.0 Å². The van der Waals surface area contributed by atoms with Crippen LogP contribution in [0.2, 0.25) is 0 Å². The number of ether oxygens (including phenoxy) is 1. The number of hydrogen-bond acceptors (Lipinski definition) is 6. The number of rotatable bonds is 9. The molecule has 4 rings (SSSR count). The third-order valence-electron chi connectivity index (χ3n) is 6.22. The van der Waals surface area contributed by atoms with Crippen molar-refractivity contribution in [2.24, 2.45) is 23.7 Å². The summed E-state index contributed by atoms with van der Waals surface area (Å²) in [6, 6.07) is 10.5. The zero-order valence-electron chi connectivity index (χ0n) is 18.3. The number of carbonyl (C=O) groups excluding carboxylic acids is 1. The summed E-state index contributed by atoms with van der Waals surface area (Å²) in [6.45, 7) is 5.91. The lowest BCUT2D eigenvalue weighted by atomic mass is 10.1. The highest BCUT2D eigenvalue weighted by atomic mass is 16.5. The van der Waals surface area contributed by atoms with E-state index >= 15 is 0 Å². The van der Waals surface area contributed by atoms with Gasteiger partial charge >= 0.3 is 5.97 Å². The van der Waals surface area contributed by atoms with E-state index in [1.165, 1.54) is 0 Å². The predicted octanol–water partition coefficient (Wildman–Crippen LogP) is 3.02. The van der Waals surface area contributed by atoms with Crippen molar-refractivity contribution in [3.05, 3.63) is 47.5 Å². The van der Waals surface area contributed by atoms with Crippen LogP contribution in [0.4, 0.5) is 11.5 Å². The second-order valence-corrected chi connectivity index (χ2v) is 8.96. The van der Waals surface area contributed by atoms with E-state index in [4.69, 9.17) is 4.74 Å². The van der Waals surface area contributed by atoms with Gasteiger partial charge in [-0.3, -0.25) is 9.59 Å². The van der Waals surface area contributed by atoms with E-state index in [2.05, 4.69) is 29.0 Å². The van der Waals surface area contributed by atoms with Crippen molar-refractivity contribution in [1.82, 2.24) is 4.98 Å². The number of hydrogen-bond donors (Lipinski definition) is 3. The number of carboxylic acids is 1.